The molecule has 0 bridgehead atoms. The van der Waals surface area contributed by atoms with Crippen molar-refractivity contribution >= 4 is 34.4 Å². The standard InChI is InChI=1S/C24H24ClN5O3/c1-15-12-28(18-8-10-19(33-3)11-9-18)23-26-21-20(29(23)13-15)22(31)30(24(32)27(21)2)14-16-4-6-17(25)7-5-16/h4-11,15H,12-14H2,1-3H3/t15-/m1/s1. The Balaban J connectivity index is 1.68. The number of methoxy groups -OCH3 is 1. The summed E-state index contributed by atoms with van der Waals surface area (Å²) in [5.74, 6) is 1.70. The summed E-state index contributed by atoms with van der Waals surface area (Å²) < 4.78 is 9.93. The van der Waals surface area contributed by atoms with Gasteiger partial charge < -0.3 is 14.2 Å². The summed E-state index contributed by atoms with van der Waals surface area (Å²) in [6.45, 7) is 3.70. The Kier molecular flexibility index (Phi) is 5.25. The number of rotatable bonds is 4. The number of hydrogen-bond donors (Lipinski definition) is 0. The van der Waals surface area contributed by atoms with Crippen LogP contribution in [-0.4, -0.2) is 32.3 Å². The largest absolute Gasteiger partial charge is 0.497 e. The Morgan fingerprint density at radius 3 is 2.42 bits per heavy atom. The normalized spacial score (nSPS) is 15.6. The van der Waals surface area contributed by atoms with Crippen LogP contribution in [0.15, 0.2) is 58.1 Å². The molecule has 0 saturated heterocycles. The number of halogens is 1. The highest BCUT2D eigenvalue weighted by Gasteiger charge is 2.29. The zero-order valence-electron chi connectivity index (χ0n) is 18.7. The average Bonchev–Trinajstić information content (AvgIpc) is 3.21. The van der Waals surface area contributed by atoms with Gasteiger partial charge in [0, 0.05) is 30.8 Å². The van der Waals surface area contributed by atoms with Crippen molar-refractivity contribution in [3.8, 4) is 5.75 Å². The number of nitrogens with zero attached hydrogens (tertiary/aromatic N) is 5. The lowest BCUT2D eigenvalue weighted by Crippen LogP contribution is -2.40. The van der Waals surface area contributed by atoms with Crippen LogP contribution >= 0.6 is 11.6 Å². The third-order valence-electron chi connectivity index (χ3n) is 6.08. The van der Waals surface area contributed by atoms with Gasteiger partial charge >= 0.3 is 5.69 Å². The van der Waals surface area contributed by atoms with Crippen molar-refractivity contribution in [1.82, 2.24) is 18.7 Å². The molecular formula is C24H24ClN5O3. The van der Waals surface area contributed by atoms with E-state index in [-0.39, 0.29) is 18.0 Å². The fourth-order valence-corrected chi connectivity index (χ4v) is 4.52. The molecule has 8 nitrogen and oxygen atoms in total. The van der Waals surface area contributed by atoms with E-state index in [9.17, 15) is 9.59 Å². The second kappa shape index (κ2) is 8.12. The molecule has 1 atom stereocenters. The summed E-state index contributed by atoms with van der Waals surface area (Å²) >= 11 is 5.98. The summed E-state index contributed by atoms with van der Waals surface area (Å²) in [6.07, 6.45) is 0. The highest BCUT2D eigenvalue weighted by Crippen LogP contribution is 2.33. The minimum Gasteiger partial charge on any atom is -0.497 e. The van der Waals surface area contributed by atoms with Crippen LogP contribution in [0.1, 0.15) is 12.5 Å². The van der Waals surface area contributed by atoms with Crippen molar-refractivity contribution in [2.45, 2.75) is 20.0 Å². The molecule has 3 heterocycles. The van der Waals surface area contributed by atoms with Gasteiger partial charge in [-0.25, -0.2) is 4.79 Å². The van der Waals surface area contributed by atoms with Crippen molar-refractivity contribution in [2.24, 2.45) is 13.0 Å². The SMILES string of the molecule is COc1ccc(N2C[C@@H](C)Cn3c2nc2c3c(=O)n(Cc3ccc(Cl)cc3)c(=O)n2C)cc1. The highest BCUT2D eigenvalue weighted by atomic mass is 35.5. The van der Waals surface area contributed by atoms with Gasteiger partial charge in [-0.05, 0) is 47.9 Å². The van der Waals surface area contributed by atoms with Crippen molar-refractivity contribution in [3.05, 3.63) is 80.0 Å². The molecule has 0 unspecified atom stereocenters. The summed E-state index contributed by atoms with van der Waals surface area (Å²) in [6, 6.07) is 14.9. The van der Waals surface area contributed by atoms with Gasteiger partial charge in [-0.15, -0.1) is 0 Å². The maximum atomic E-state index is 13.6. The lowest BCUT2D eigenvalue weighted by molar-refractivity contribution is 0.414. The molecule has 2 aromatic carbocycles. The average molecular weight is 466 g/mol. The van der Waals surface area contributed by atoms with Crippen molar-refractivity contribution < 1.29 is 4.74 Å². The molecule has 0 aliphatic carbocycles. The topological polar surface area (TPSA) is 74.3 Å². The molecule has 5 rings (SSSR count). The number of ether oxygens (including phenoxy) is 1. The Hall–Kier alpha value is -3.52. The summed E-state index contributed by atoms with van der Waals surface area (Å²) in [7, 11) is 3.29. The van der Waals surface area contributed by atoms with E-state index in [0.717, 1.165) is 23.5 Å². The first kappa shape index (κ1) is 21.3. The van der Waals surface area contributed by atoms with E-state index in [1.54, 1.807) is 26.3 Å². The van der Waals surface area contributed by atoms with Gasteiger partial charge in [-0.3, -0.25) is 13.9 Å². The Morgan fingerprint density at radius 1 is 1.06 bits per heavy atom. The molecular weight excluding hydrogens is 442 g/mol. The minimum absolute atomic E-state index is 0.164. The number of anilines is 2. The Bertz CT molecular complexity index is 1450. The fraction of sp³-hybridized carbons (Fsp3) is 0.292. The summed E-state index contributed by atoms with van der Waals surface area (Å²) in [5, 5.41) is 0.604. The highest BCUT2D eigenvalue weighted by molar-refractivity contribution is 6.30. The molecule has 2 aromatic heterocycles. The van der Waals surface area contributed by atoms with E-state index in [2.05, 4.69) is 11.8 Å². The monoisotopic (exact) mass is 465 g/mol. The van der Waals surface area contributed by atoms with Crippen LogP contribution in [0.2, 0.25) is 5.02 Å². The van der Waals surface area contributed by atoms with E-state index < -0.39 is 5.69 Å². The van der Waals surface area contributed by atoms with Gasteiger partial charge in [0.15, 0.2) is 11.2 Å². The second-order valence-electron chi connectivity index (χ2n) is 8.47. The van der Waals surface area contributed by atoms with Crippen LogP contribution in [0.4, 0.5) is 11.6 Å². The van der Waals surface area contributed by atoms with Crippen LogP contribution < -0.4 is 20.9 Å². The fourth-order valence-electron chi connectivity index (χ4n) is 4.40. The zero-order chi connectivity index (χ0) is 23.3. The molecule has 1 aliphatic heterocycles. The van der Waals surface area contributed by atoms with E-state index in [0.29, 0.717) is 28.7 Å². The van der Waals surface area contributed by atoms with Gasteiger partial charge in [-0.2, -0.15) is 4.98 Å². The molecule has 0 amide bonds. The number of aryl methyl sites for hydroxylation is 1. The van der Waals surface area contributed by atoms with Crippen LogP contribution in [0, 0.1) is 5.92 Å². The first-order valence-corrected chi connectivity index (χ1v) is 11.1. The van der Waals surface area contributed by atoms with Crippen LogP contribution in [0.3, 0.4) is 0 Å². The van der Waals surface area contributed by atoms with Gasteiger partial charge in [0.05, 0.1) is 13.7 Å². The number of benzene rings is 2. The maximum Gasteiger partial charge on any atom is 0.332 e. The lowest BCUT2D eigenvalue weighted by atomic mass is 10.1. The second-order valence-corrected chi connectivity index (χ2v) is 8.90. The van der Waals surface area contributed by atoms with Crippen molar-refractivity contribution in [1.29, 1.82) is 0 Å². The van der Waals surface area contributed by atoms with Gasteiger partial charge in [0.1, 0.15) is 5.75 Å². The van der Waals surface area contributed by atoms with Gasteiger partial charge in [0.2, 0.25) is 5.95 Å². The van der Waals surface area contributed by atoms with E-state index in [4.69, 9.17) is 21.3 Å². The Labute approximate surface area is 195 Å². The molecule has 9 heteroatoms. The van der Waals surface area contributed by atoms with Gasteiger partial charge in [-0.1, -0.05) is 30.7 Å². The quantitative estimate of drug-likeness (QED) is 0.462. The summed E-state index contributed by atoms with van der Waals surface area (Å²) in [4.78, 5) is 33.5. The molecule has 0 fully saturated rings. The van der Waals surface area contributed by atoms with E-state index in [1.807, 2.05) is 41.0 Å². The van der Waals surface area contributed by atoms with Crippen LogP contribution in [-0.2, 0) is 20.1 Å². The first-order chi connectivity index (χ1) is 15.9. The van der Waals surface area contributed by atoms with Crippen LogP contribution in [0.5, 0.6) is 5.75 Å². The summed E-state index contributed by atoms with van der Waals surface area (Å²) in [5.41, 5.74) is 1.86. The van der Waals surface area contributed by atoms with Crippen molar-refractivity contribution in [2.75, 3.05) is 18.6 Å². The number of aromatic nitrogens is 4. The lowest BCUT2D eigenvalue weighted by Gasteiger charge is -2.33. The number of imidazole rings is 1. The number of fused-ring (bicyclic) bond motifs is 3. The Morgan fingerprint density at radius 2 is 1.76 bits per heavy atom. The van der Waals surface area contributed by atoms with Gasteiger partial charge in [0.25, 0.3) is 5.56 Å². The molecule has 170 valence electrons. The molecule has 0 radical (unpaired) electrons. The zero-order valence-corrected chi connectivity index (χ0v) is 19.4. The van der Waals surface area contributed by atoms with Crippen LogP contribution in [0.25, 0.3) is 11.2 Å². The smallest absolute Gasteiger partial charge is 0.332 e. The molecule has 33 heavy (non-hydrogen) atoms. The van der Waals surface area contributed by atoms with E-state index in [1.165, 1.54) is 9.13 Å². The van der Waals surface area contributed by atoms with Crippen molar-refractivity contribution in [3.63, 3.8) is 0 Å². The first-order valence-electron chi connectivity index (χ1n) is 10.7. The maximum absolute atomic E-state index is 13.6. The molecule has 0 spiro atoms. The predicted octanol–water partition coefficient (Wildman–Crippen LogP) is 3.39. The molecule has 1 aliphatic rings. The van der Waals surface area contributed by atoms with E-state index >= 15 is 0 Å². The minimum atomic E-state index is -0.401. The molecule has 4 aromatic rings. The third kappa shape index (κ3) is 3.60. The third-order valence-corrected chi connectivity index (χ3v) is 6.33. The molecule has 0 N–H and O–H groups in total. The number of hydrogen-bond acceptors (Lipinski definition) is 5. The predicted molar refractivity (Wildman–Crippen MR) is 129 cm³/mol. The molecule has 0 saturated carbocycles.